The minimum absolute atomic E-state index is 0.239. The molecule has 0 spiro atoms. The quantitative estimate of drug-likeness (QED) is 0.367. The van der Waals surface area contributed by atoms with Gasteiger partial charge in [-0.3, -0.25) is 9.48 Å². The number of benzene rings is 1. The highest BCUT2D eigenvalue weighted by Crippen LogP contribution is 2.14. The number of aryl methyl sites for hydroxylation is 1. The fourth-order valence-corrected chi connectivity index (χ4v) is 2.94. The highest BCUT2D eigenvalue weighted by Gasteiger charge is 2.14. The Balaban J connectivity index is 0.00000121. The molecule has 0 unspecified atom stereocenters. The van der Waals surface area contributed by atoms with E-state index in [9.17, 15) is 4.79 Å². The number of carbonyl (C=O) groups excluding carboxylic acids is 2. The average Bonchev–Trinajstić information content (AvgIpc) is 3.28. The standard InChI is InChI=1S/C20H25N7O.CH5N.CH2O/c1-22-19-18(23-9-10-24-19)20(28)26-17-12-25-27(14-17)13-16-7-4-6-15(11-16)5-2-3-8-21;2*1-2/h4,6-7,9-12,14H,2-3,5,8,13,21H2,1H3,(H,22,24)(H,26,28);2H2,1H3;1H2. The lowest BCUT2D eigenvalue weighted by Crippen LogP contribution is -2.16. The van der Waals surface area contributed by atoms with E-state index in [0.29, 0.717) is 18.1 Å². The van der Waals surface area contributed by atoms with Crippen molar-refractivity contribution in [2.24, 2.45) is 11.5 Å². The molecule has 32 heavy (non-hydrogen) atoms. The first-order valence-corrected chi connectivity index (χ1v) is 10.2. The Kier molecular flexibility index (Phi) is 12.6. The molecule has 0 aliphatic rings. The second kappa shape index (κ2) is 15.2. The van der Waals surface area contributed by atoms with E-state index >= 15 is 0 Å². The van der Waals surface area contributed by atoms with Gasteiger partial charge in [0.15, 0.2) is 11.5 Å². The van der Waals surface area contributed by atoms with Gasteiger partial charge in [-0.05, 0) is 44.0 Å². The van der Waals surface area contributed by atoms with Gasteiger partial charge < -0.3 is 26.9 Å². The Morgan fingerprint density at radius 3 is 2.56 bits per heavy atom. The van der Waals surface area contributed by atoms with Crippen LogP contribution in [0, 0.1) is 0 Å². The van der Waals surface area contributed by atoms with E-state index < -0.39 is 0 Å². The number of carbonyl (C=O) groups is 2. The van der Waals surface area contributed by atoms with Crippen LogP contribution >= 0.6 is 0 Å². The van der Waals surface area contributed by atoms with Gasteiger partial charge >= 0.3 is 0 Å². The van der Waals surface area contributed by atoms with E-state index in [-0.39, 0.29) is 11.6 Å². The van der Waals surface area contributed by atoms with Crippen LogP contribution in [0.4, 0.5) is 11.5 Å². The highest BCUT2D eigenvalue weighted by molar-refractivity contribution is 6.05. The van der Waals surface area contributed by atoms with Gasteiger partial charge in [-0.2, -0.15) is 5.10 Å². The molecule has 172 valence electrons. The number of nitrogens with one attached hydrogen (secondary N) is 2. The molecule has 0 aliphatic heterocycles. The molecule has 0 fully saturated rings. The van der Waals surface area contributed by atoms with Gasteiger partial charge in [0.25, 0.3) is 5.91 Å². The van der Waals surface area contributed by atoms with E-state index in [4.69, 9.17) is 10.5 Å². The van der Waals surface area contributed by atoms with E-state index in [0.717, 1.165) is 31.4 Å². The number of nitrogens with zero attached hydrogens (tertiary/aromatic N) is 4. The fourth-order valence-electron chi connectivity index (χ4n) is 2.94. The molecule has 0 bridgehead atoms. The van der Waals surface area contributed by atoms with Crippen LogP contribution in [-0.4, -0.2) is 53.1 Å². The largest absolute Gasteiger partial charge is 0.371 e. The van der Waals surface area contributed by atoms with Crippen molar-refractivity contribution in [2.45, 2.75) is 25.8 Å². The third-order valence-electron chi connectivity index (χ3n) is 4.30. The van der Waals surface area contributed by atoms with Crippen molar-refractivity contribution >= 4 is 24.2 Å². The van der Waals surface area contributed by atoms with Crippen molar-refractivity contribution in [1.82, 2.24) is 19.7 Å². The number of anilines is 2. The SMILES string of the molecule is C=O.CN.CNc1nccnc1C(=O)Nc1cnn(Cc2cccc(CCCCN)c2)c1. The average molecular weight is 441 g/mol. The maximum atomic E-state index is 12.4. The Morgan fingerprint density at radius 2 is 1.84 bits per heavy atom. The van der Waals surface area contributed by atoms with Crippen LogP contribution in [0.2, 0.25) is 0 Å². The zero-order valence-electron chi connectivity index (χ0n) is 18.6. The van der Waals surface area contributed by atoms with Gasteiger partial charge in [-0.1, -0.05) is 24.3 Å². The van der Waals surface area contributed by atoms with Gasteiger partial charge in [-0.15, -0.1) is 0 Å². The molecular formula is C22H32N8O2. The topological polar surface area (TPSA) is 154 Å². The molecule has 0 radical (unpaired) electrons. The van der Waals surface area contributed by atoms with Crippen molar-refractivity contribution in [3.8, 4) is 0 Å². The first kappa shape index (κ1) is 26.4. The predicted octanol–water partition coefficient (Wildman–Crippen LogP) is 1.69. The van der Waals surface area contributed by atoms with Crippen LogP contribution in [0.5, 0.6) is 0 Å². The summed E-state index contributed by atoms with van der Waals surface area (Å²) >= 11 is 0. The van der Waals surface area contributed by atoms with Gasteiger partial charge in [0.2, 0.25) is 0 Å². The van der Waals surface area contributed by atoms with Gasteiger partial charge in [-0.25, -0.2) is 9.97 Å². The number of unbranched alkanes of at least 4 members (excludes halogenated alkanes) is 1. The number of nitrogens with two attached hydrogens (primary N) is 2. The summed E-state index contributed by atoms with van der Waals surface area (Å²) in [5.41, 5.74) is 13.4. The monoisotopic (exact) mass is 440 g/mol. The molecular weight excluding hydrogens is 408 g/mol. The molecule has 10 heteroatoms. The summed E-state index contributed by atoms with van der Waals surface area (Å²) in [5, 5.41) is 10.0. The first-order chi connectivity index (χ1) is 15.7. The molecule has 6 N–H and O–H groups in total. The molecule has 0 atom stereocenters. The van der Waals surface area contributed by atoms with E-state index in [2.05, 4.69) is 55.7 Å². The molecule has 0 saturated carbocycles. The van der Waals surface area contributed by atoms with E-state index in [1.165, 1.54) is 25.0 Å². The number of aromatic nitrogens is 4. The lowest BCUT2D eigenvalue weighted by atomic mass is 10.1. The van der Waals surface area contributed by atoms with Gasteiger partial charge in [0.1, 0.15) is 6.79 Å². The molecule has 10 nitrogen and oxygen atoms in total. The summed E-state index contributed by atoms with van der Waals surface area (Å²) in [6.07, 6.45) is 9.59. The van der Waals surface area contributed by atoms with Crippen molar-refractivity contribution in [1.29, 1.82) is 0 Å². The van der Waals surface area contributed by atoms with Crippen LogP contribution in [0.25, 0.3) is 0 Å². The normalized spacial score (nSPS) is 9.62. The second-order valence-corrected chi connectivity index (χ2v) is 6.45. The number of hydrogen-bond donors (Lipinski definition) is 4. The van der Waals surface area contributed by atoms with E-state index in [1.807, 2.05) is 6.79 Å². The van der Waals surface area contributed by atoms with Gasteiger partial charge in [0, 0.05) is 25.6 Å². The minimum atomic E-state index is -0.334. The lowest BCUT2D eigenvalue weighted by molar-refractivity contribution is -0.0980. The molecule has 0 aliphatic carbocycles. The van der Waals surface area contributed by atoms with Crippen molar-refractivity contribution in [3.63, 3.8) is 0 Å². The van der Waals surface area contributed by atoms with Crippen LogP contribution in [0.3, 0.4) is 0 Å². The second-order valence-electron chi connectivity index (χ2n) is 6.45. The summed E-state index contributed by atoms with van der Waals surface area (Å²) in [6, 6.07) is 8.46. The summed E-state index contributed by atoms with van der Waals surface area (Å²) < 4.78 is 1.80. The smallest absolute Gasteiger partial charge is 0.278 e. The zero-order chi connectivity index (χ0) is 23.8. The van der Waals surface area contributed by atoms with Crippen LogP contribution in [0.1, 0.15) is 34.5 Å². The summed E-state index contributed by atoms with van der Waals surface area (Å²) in [4.78, 5) is 28.6. The summed E-state index contributed by atoms with van der Waals surface area (Å²) in [7, 11) is 3.20. The minimum Gasteiger partial charge on any atom is -0.371 e. The third-order valence-corrected chi connectivity index (χ3v) is 4.30. The van der Waals surface area contributed by atoms with Crippen molar-refractivity contribution in [2.75, 3.05) is 31.3 Å². The first-order valence-electron chi connectivity index (χ1n) is 10.2. The van der Waals surface area contributed by atoms with E-state index in [1.54, 1.807) is 24.1 Å². The molecule has 1 aromatic carbocycles. The lowest BCUT2D eigenvalue weighted by Gasteiger charge is -2.06. The Bertz CT molecular complexity index is 945. The van der Waals surface area contributed by atoms with Crippen LogP contribution in [0.15, 0.2) is 49.1 Å². The summed E-state index contributed by atoms with van der Waals surface area (Å²) in [5.74, 6) is 0.0951. The predicted molar refractivity (Wildman–Crippen MR) is 127 cm³/mol. The molecule has 0 saturated heterocycles. The fraction of sp³-hybridized carbons (Fsp3) is 0.318. The molecule has 3 rings (SSSR count). The van der Waals surface area contributed by atoms with Crippen LogP contribution in [-0.2, 0) is 17.8 Å². The maximum Gasteiger partial charge on any atom is 0.278 e. The molecule has 1 amide bonds. The number of rotatable bonds is 9. The maximum absolute atomic E-state index is 12.4. The van der Waals surface area contributed by atoms with Crippen molar-refractivity contribution < 1.29 is 9.59 Å². The Labute approximate surface area is 188 Å². The summed E-state index contributed by atoms with van der Waals surface area (Å²) in [6.45, 7) is 3.36. The third kappa shape index (κ3) is 8.25. The van der Waals surface area contributed by atoms with Gasteiger partial charge in [0.05, 0.1) is 18.4 Å². The highest BCUT2D eigenvalue weighted by atomic mass is 16.2. The van der Waals surface area contributed by atoms with Crippen LogP contribution < -0.4 is 22.1 Å². The van der Waals surface area contributed by atoms with Crippen molar-refractivity contribution in [3.05, 3.63) is 65.9 Å². The molecule has 2 aromatic heterocycles. The zero-order valence-corrected chi connectivity index (χ0v) is 18.6. The Morgan fingerprint density at radius 1 is 1.12 bits per heavy atom. The molecule has 2 heterocycles. The molecule has 3 aromatic rings. The number of amides is 1. The number of hydrogen-bond acceptors (Lipinski definition) is 8. The Hall–Kier alpha value is -3.63.